The second-order valence-corrected chi connectivity index (χ2v) is 6.08. The Morgan fingerprint density at radius 1 is 1.00 bits per heavy atom. The normalized spacial score (nSPS) is 22.1. The highest BCUT2D eigenvalue weighted by Gasteiger charge is 2.47. The van der Waals surface area contributed by atoms with Crippen LogP contribution in [0.1, 0.15) is 42.4 Å². The molecule has 0 unspecified atom stereocenters. The number of benzene rings is 1. The number of rotatable bonds is 2. The maximum absolute atomic E-state index is 6.53. The van der Waals surface area contributed by atoms with Gasteiger partial charge in [-0.1, -0.05) is 0 Å². The molecule has 1 fully saturated rings. The van der Waals surface area contributed by atoms with Crippen molar-refractivity contribution in [2.24, 2.45) is 5.73 Å². The molecule has 1 aromatic carbocycles. The lowest BCUT2D eigenvalue weighted by atomic mass is 9.87. The van der Waals surface area contributed by atoms with E-state index in [1.165, 1.54) is 11.1 Å². The smallest absolute Gasteiger partial charge is 0.167 e. The average Bonchev–Trinajstić information content (AvgIpc) is 3.23. The molecule has 2 heterocycles. The molecule has 4 nitrogen and oxygen atoms in total. The maximum atomic E-state index is 6.53. The zero-order valence-corrected chi connectivity index (χ0v) is 12.0. The summed E-state index contributed by atoms with van der Waals surface area (Å²) in [5.41, 5.74) is 9.93. The van der Waals surface area contributed by atoms with Gasteiger partial charge in [-0.15, -0.1) is 0 Å². The van der Waals surface area contributed by atoms with Crippen molar-refractivity contribution in [3.8, 4) is 17.2 Å². The Morgan fingerprint density at radius 2 is 1.65 bits per heavy atom. The largest absolute Gasteiger partial charge is 0.493 e. The van der Waals surface area contributed by atoms with Crippen molar-refractivity contribution in [1.29, 1.82) is 0 Å². The molecular formula is C16H21NO3. The monoisotopic (exact) mass is 275 g/mol. The zero-order chi connectivity index (χ0) is 13.7. The zero-order valence-electron chi connectivity index (χ0n) is 12.0. The first-order valence-corrected chi connectivity index (χ1v) is 7.55. The molecule has 0 spiro atoms. The van der Waals surface area contributed by atoms with Crippen LogP contribution in [0.25, 0.3) is 0 Å². The summed E-state index contributed by atoms with van der Waals surface area (Å²) in [5, 5.41) is 0. The summed E-state index contributed by atoms with van der Waals surface area (Å²) in [4.78, 5) is 0. The van der Waals surface area contributed by atoms with Gasteiger partial charge in [0.15, 0.2) is 11.5 Å². The number of ether oxygens (including phenoxy) is 3. The topological polar surface area (TPSA) is 53.7 Å². The van der Waals surface area contributed by atoms with E-state index in [9.17, 15) is 0 Å². The Labute approximate surface area is 119 Å². The van der Waals surface area contributed by atoms with Gasteiger partial charge >= 0.3 is 0 Å². The highest BCUT2D eigenvalue weighted by Crippen LogP contribution is 2.56. The average molecular weight is 275 g/mol. The molecule has 108 valence electrons. The Kier molecular flexibility index (Phi) is 2.64. The first kappa shape index (κ1) is 12.3. The lowest BCUT2D eigenvalue weighted by Gasteiger charge is -2.31. The number of methoxy groups -OCH3 is 1. The predicted octanol–water partition coefficient (Wildman–Crippen LogP) is 2.29. The molecule has 0 atom stereocenters. The third kappa shape index (κ3) is 1.64. The quantitative estimate of drug-likeness (QED) is 0.899. The summed E-state index contributed by atoms with van der Waals surface area (Å²) in [6, 6.07) is 0. The SMILES string of the molecule is COc1c2c(c(C3(N)CC3)c3c1OCCC3)OCCC2. The van der Waals surface area contributed by atoms with Crippen molar-refractivity contribution < 1.29 is 14.2 Å². The number of hydrogen-bond acceptors (Lipinski definition) is 4. The number of hydrogen-bond donors (Lipinski definition) is 1. The van der Waals surface area contributed by atoms with E-state index < -0.39 is 0 Å². The summed E-state index contributed by atoms with van der Waals surface area (Å²) in [6.07, 6.45) is 6.15. The number of nitrogens with two attached hydrogens (primary N) is 1. The van der Waals surface area contributed by atoms with E-state index in [0.717, 1.165) is 74.6 Å². The minimum Gasteiger partial charge on any atom is -0.493 e. The fraction of sp³-hybridized carbons (Fsp3) is 0.625. The van der Waals surface area contributed by atoms with Gasteiger partial charge in [0.2, 0.25) is 0 Å². The van der Waals surface area contributed by atoms with E-state index in [2.05, 4.69) is 0 Å². The van der Waals surface area contributed by atoms with Crippen LogP contribution in [0.5, 0.6) is 17.2 Å². The Bertz CT molecular complexity index is 526. The van der Waals surface area contributed by atoms with Gasteiger partial charge in [0, 0.05) is 22.2 Å². The molecule has 0 radical (unpaired) electrons. The van der Waals surface area contributed by atoms with Crippen LogP contribution < -0.4 is 19.9 Å². The molecule has 1 aromatic rings. The van der Waals surface area contributed by atoms with Crippen molar-refractivity contribution in [3.05, 3.63) is 16.7 Å². The van der Waals surface area contributed by atoms with Crippen LogP contribution in [0.15, 0.2) is 0 Å². The molecule has 4 heteroatoms. The van der Waals surface area contributed by atoms with Gasteiger partial charge in [-0.25, -0.2) is 0 Å². The summed E-state index contributed by atoms with van der Waals surface area (Å²) < 4.78 is 17.6. The van der Waals surface area contributed by atoms with E-state index >= 15 is 0 Å². The standard InChI is InChI=1S/C16H21NO3/c1-18-14-11-5-3-8-19-13(11)12(16(17)6-7-16)10-4-2-9-20-15(10)14/h2-9,17H2,1H3. The third-order valence-corrected chi connectivity index (χ3v) is 4.68. The van der Waals surface area contributed by atoms with Crippen molar-refractivity contribution in [2.75, 3.05) is 20.3 Å². The van der Waals surface area contributed by atoms with E-state index in [1.54, 1.807) is 7.11 Å². The van der Waals surface area contributed by atoms with Crippen LogP contribution in [0.3, 0.4) is 0 Å². The van der Waals surface area contributed by atoms with Gasteiger partial charge < -0.3 is 19.9 Å². The van der Waals surface area contributed by atoms with Crippen LogP contribution in [0, 0.1) is 0 Å². The summed E-state index contributed by atoms with van der Waals surface area (Å²) in [5.74, 6) is 2.80. The second kappa shape index (κ2) is 4.29. The summed E-state index contributed by atoms with van der Waals surface area (Å²) in [7, 11) is 1.72. The van der Waals surface area contributed by atoms with Gasteiger partial charge in [0.1, 0.15) is 5.75 Å². The number of fused-ring (bicyclic) bond motifs is 2. The molecule has 0 amide bonds. The molecule has 2 N–H and O–H groups in total. The van der Waals surface area contributed by atoms with Crippen LogP contribution in [0.2, 0.25) is 0 Å². The van der Waals surface area contributed by atoms with Crippen molar-refractivity contribution in [3.63, 3.8) is 0 Å². The minimum absolute atomic E-state index is 0.196. The Hall–Kier alpha value is -1.42. The molecule has 1 aliphatic carbocycles. The summed E-state index contributed by atoms with van der Waals surface area (Å²) >= 11 is 0. The maximum Gasteiger partial charge on any atom is 0.167 e. The highest BCUT2D eigenvalue weighted by molar-refractivity contribution is 5.67. The first-order valence-electron chi connectivity index (χ1n) is 7.55. The molecule has 0 bridgehead atoms. The molecule has 0 aromatic heterocycles. The van der Waals surface area contributed by atoms with Crippen LogP contribution in [-0.4, -0.2) is 20.3 Å². The first-order chi connectivity index (χ1) is 9.74. The molecule has 2 aliphatic heterocycles. The lowest BCUT2D eigenvalue weighted by Crippen LogP contribution is -2.27. The van der Waals surface area contributed by atoms with E-state index in [-0.39, 0.29) is 5.54 Å². The molecular weight excluding hydrogens is 254 g/mol. The lowest BCUT2D eigenvalue weighted by molar-refractivity contribution is 0.248. The molecule has 1 saturated carbocycles. The van der Waals surface area contributed by atoms with E-state index in [4.69, 9.17) is 19.9 Å². The van der Waals surface area contributed by atoms with Gasteiger partial charge in [0.25, 0.3) is 0 Å². The van der Waals surface area contributed by atoms with Gasteiger partial charge in [-0.05, 0) is 38.5 Å². The van der Waals surface area contributed by atoms with Gasteiger partial charge in [0.05, 0.1) is 20.3 Å². The second-order valence-electron chi connectivity index (χ2n) is 6.08. The summed E-state index contributed by atoms with van der Waals surface area (Å²) in [6.45, 7) is 1.54. The Balaban J connectivity index is 2.01. The third-order valence-electron chi connectivity index (χ3n) is 4.68. The fourth-order valence-electron chi connectivity index (χ4n) is 3.53. The molecule has 0 saturated heterocycles. The molecule has 3 aliphatic rings. The predicted molar refractivity (Wildman–Crippen MR) is 75.7 cm³/mol. The molecule has 4 rings (SSSR count). The van der Waals surface area contributed by atoms with Gasteiger partial charge in [-0.3, -0.25) is 0 Å². The fourth-order valence-corrected chi connectivity index (χ4v) is 3.53. The van der Waals surface area contributed by atoms with Gasteiger partial charge in [-0.2, -0.15) is 0 Å². The van der Waals surface area contributed by atoms with E-state index in [0.29, 0.717) is 0 Å². The Morgan fingerprint density at radius 3 is 2.30 bits per heavy atom. The minimum atomic E-state index is -0.196. The van der Waals surface area contributed by atoms with Crippen molar-refractivity contribution in [2.45, 2.75) is 44.1 Å². The van der Waals surface area contributed by atoms with Crippen LogP contribution in [0.4, 0.5) is 0 Å². The van der Waals surface area contributed by atoms with E-state index in [1.807, 2.05) is 0 Å². The van der Waals surface area contributed by atoms with Crippen LogP contribution in [-0.2, 0) is 18.4 Å². The van der Waals surface area contributed by atoms with Crippen molar-refractivity contribution in [1.82, 2.24) is 0 Å². The molecule has 20 heavy (non-hydrogen) atoms. The highest BCUT2D eigenvalue weighted by atomic mass is 16.5. The van der Waals surface area contributed by atoms with Crippen LogP contribution >= 0.6 is 0 Å². The van der Waals surface area contributed by atoms with Crippen molar-refractivity contribution >= 4 is 0 Å².